The SMILES string of the molecule is Cc1ccc(F)c(C(=O)C2(CN)CC2)c1F. The zero-order valence-corrected chi connectivity index (χ0v) is 9.02. The van der Waals surface area contributed by atoms with Crippen LogP contribution < -0.4 is 5.73 Å². The largest absolute Gasteiger partial charge is 0.329 e. The minimum Gasteiger partial charge on any atom is -0.329 e. The first-order chi connectivity index (χ1) is 7.52. The van der Waals surface area contributed by atoms with E-state index in [9.17, 15) is 13.6 Å². The fourth-order valence-electron chi connectivity index (χ4n) is 1.80. The van der Waals surface area contributed by atoms with Gasteiger partial charge in [0.1, 0.15) is 11.6 Å². The highest BCUT2D eigenvalue weighted by Crippen LogP contribution is 2.47. The number of benzene rings is 1. The van der Waals surface area contributed by atoms with Crippen molar-refractivity contribution in [3.8, 4) is 0 Å². The Bertz CT molecular complexity index is 453. The molecule has 0 spiro atoms. The fourth-order valence-corrected chi connectivity index (χ4v) is 1.80. The third-order valence-electron chi connectivity index (χ3n) is 3.24. The monoisotopic (exact) mass is 225 g/mol. The molecule has 1 aromatic rings. The summed E-state index contributed by atoms with van der Waals surface area (Å²) in [7, 11) is 0. The molecular formula is C12H13F2NO. The van der Waals surface area contributed by atoms with Crippen LogP contribution in [-0.4, -0.2) is 12.3 Å². The molecule has 2 N–H and O–H groups in total. The summed E-state index contributed by atoms with van der Waals surface area (Å²) in [5.41, 5.74) is 4.61. The van der Waals surface area contributed by atoms with E-state index in [1.54, 1.807) is 0 Å². The number of rotatable bonds is 3. The van der Waals surface area contributed by atoms with Gasteiger partial charge in [0.2, 0.25) is 0 Å². The van der Waals surface area contributed by atoms with Crippen molar-refractivity contribution in [1.29, 1.82) is 0 Å². The zero-order valence-electron chi connectivity index (χ0n) is 9.02. The van der Waals surface area contributed by atoms with Crippen LogP contribution in [0.3, 0.4) is 0 Å². The number of carbonyl (C=O) groups excluding carboxylic acids is 1. The van der Waals surface area contributed by atoms with Crippen LogP contribution in [-0.2, 0) is 0 Å². The summed E-state index contributed by atoms with van der Waals surface area (Å²) in [6.45, 7) is 1.66. The number of hydrogen-bond acceptors (Lipinski definition) is 2. The molecule has 0 radical (unpaired) electrons. The Balaban J connectivity index is 2.48. The van der Waals surface area contributed by atoms with Gasteiger partial charge in [0, 0.05) is 12.0 Å². The molecule has 1 aliphatic carbocycles. The maximum atomic E-state index is 13.7. The maximum Gasteiger partial charge on any atom is 0.176 e. The second kappa shape index (κ2) is 3.63. The topological polar surface area (TPSA) is 43.1 Å². The predicted octanol–water partition coefficient (Wildman–Crippen LogP) is 2.19. The van der Waals surface area contributed by atoms with Gasteiger partial charge in [0.25, 0.3) is 0 Å². The highest BCUT2D eigenvalue weighted by molar-refractivity contribution is 6.03. The van der Waals surface area contributed by atoms with E-state index >= 15 is 0 Å². The van der Waals surface area contributed by atoms with Crippen molar-refractivity contribution < 1.29 is 13.6 Å². The smallest absolute Gasteiger partial charge is 0.176 e. The van der Waals surface area contributed by atoms with Gasteiger partial charge in [-0.2, -0.15) is 0 Å². The van der Waals surface area contributed by atoms with Crippen LogP contribution in [0.15, 0.2) is 12.1 Å². The molecule has 0 saturated heterocycles. The first kappa shape index (κ1) is 11.2. The van der Waals surface area contributed by atoms with E-state index in [2.05, 4.69) is 0 Å². The van der Waals surface area contributed by atoms with Crippen LogP contribution in [0.1, 0.15) is 28.8 Å². The van der Waals surface area contributed by atoms with E-state index in [1.165, 1.54) is 13.0 Å². The van der Waals surface area contributed by atoms with E-state index in [0.717, 1.165) is 6.07 Å². The van der Waals surface area contributed by atoms with E-state index in [0.29, 0.717) is 12.8 Å². The van der Waals surface area contributed by atoms with E-state index in [-0.39, 0.29) is 12.1 Å². The average Bonchev–Trinajstić information content (AvgIpc) is 3.05. The summed E-state index contributed by atoms with van der Waals surface area (Å²) >= 11 is 0. The second-order valence-electron chi connectivity index (χ2n) is 4.37. The molecule has 0 aliphatic heterocycles. The Labute approximate surface area is 92.4 Å². The molecular weight excluding hydrogens is 212 g/mol. The second-order valence-corrected chi connectivity index (χ2v) is 4.37. The van der Waals surface area contributed by atoms with Crippen molar-refractivity contribution in [2.75, 3.05) is 6.54 Å². The minimum atomic E-state index is -0.798. The number of carbonyl (C=O) groups is 1. The third-order valence-corrected chi connectivity index (χ3v) is 3.24. The minimum absolute atomic E-state index is 0.151. The van der Waals surface area contributed by atoms with Gasteiger partial charge < -0.3 is 5.73 Å². The average molecular weight is 225 g/mol. The molecule has 0 amide bonds. The zero-order chi connectivity index (χ0) is 11.9. The van der Waals surface area contributed by atoms with Crippen LogP contribution in [0.2, 0.25) is 0 Å². The first-order valence-corrected chi connectivity index (χ1v) is 5.21. The van der Waals surface area contributed by atoms with Crippen molar-refractivity contribution in [2.45, 2.75) is 19.8 Å². The van der Waals surface area contributed by atoms with Gasteiger partial charge >= 0.3 is 0 Å². The van der Waals surface area contributed by atoms with Crippen LogP contribution in [0, 0.1) is 24.0 Å². The summed E-state index contributed by atoms with van der Waals surface area (Å²) in [4.78, 5) is 12.0. The number of nitrogens with two attached hydrogens (primary N) is 1. The Morgan fingerprint density at radius 2 is 2.06 bits per heavy atom. The lowest BCUT2D eigenvalue weighted by Gasteiger charge is -2.13. The van der Waals surface area contributed by atoms with Crippen molar-refractivity contribution >= 4 is 5.78 Å². The summed E-state index contributed by atoms with van der Waals surface area (Å²) in [6, 6.07) is 2.45. The number of aryl methyl sites for hydroxylation is 1. The predicted molar refractivity (Wildman–Crippen MR) is 56.1 cm³/mol. The molecule has 1 aromatic carbocycles. The molecule has 16 heavy (non-hydrogen) atoms. The highest BCUT2D eigenvalue weighted by atomic mass is 19.1. The summed E-state index contributed by atoms with van der Waals surface area (Å²) in [5.74, 6) is -2.05. The number of Topliss-reactive ketones (excluding diaryl/α,β-unsaturated/α-hetero) is 1. The van der Waals surface area contributed by atoms with Crippen LogP contribution >= 0.6 is 0 Å². The van der Waals surface area contributed by atoms with Crippen molar-refractivity contribution in [3.05, 3.63) is 34.9 Å². The Hall–Kier alpha value is -1.29. The normalized spacial score (nSPS) is 17.2. The van der Waals surface area contributed by atoms with Gasteiger partial charge in [0.15, 0.2) is 5.78 Å². The number of ketones is 1. The molecule has 0 unspecified atom stereocenters. The Kier molecular flexibility index (Phi) is 2.54. The molecule has 0 atom stereocenters. The quantitative estimate of drug-likeness (QED) is 0.801. The molecule has 0 heterocycles. The molecule has 4 heteroatoms. The summed E-state index contributed by atoms with van der Waals surface area (Å²) in [5, 5.41) is 0. The van der Waals surface area contributed by atoms with Crippen LogP contribution in [0.4, 0.5) is 8.78 Å². The lowest BCUT2D eigenvalue weighted by molar-refractivity contribution is 0.0896. The van der Waals surface area contributed by atoms with E-state index in [4.69, 9.17) is 5.73 Å². The Morgan fingerprint density at radius 3 is 2.56 bits per heavy atom. The van der Waals surface area contributed by atoms with Gasteiger partial charge in [-0.05, 0) is 31.4 Å². The molecule has 2 nitrogen and oxygen atoms in total. The summed E-state index contributed by atoms with van der Waals surface area (Å²) in [6.07, 6.45) is 1.24. The van der Waals surface area contributed by atoms with E-state index in [1.807, 2.05) is 0 Å². The molecule has 2 rings (SSSR count). The van der Waals surface area contributed by atoms with E-state index < -0.39 is 28.4 Å². The maximum absolute atomic E-state index is 13.7. The lowest BCUT2D eigenvalue weighted by atomic mass is 9.93. The van der Waals surface area contributed by atoms with Crippen LogP contribution in [0.5, 0.6) is 0 Å². The van der Waals surface area contributed by atoms with Gasteiger partial charge in [-0.3, -0.25) is 4.79 Å². The molecule has 1 fully saturated rings. The van der Waals surface area contributed by atoms with Crippen molar-refractivity contribution in [3.63, 3.8) is 0 Å². The first-order valence-electron chi connectivity index (χ1n) is 5.21. The van der Waals surface area contributed by atoms with Gasteiger partial charge in [0.05, 0.1) is 5.56 Å². The van der Waals surface area contributed by atoms with Crippen molar-refractivity contribution in [2.24, 2.45) is 11.1 Å². The summed E-state index contributed by atoms with van der Waals surface area (Å²) < 4.78 is 27.2. The van der Waals surface area contributed by atoms with Gasteiger partial charge in [-0.25, -0.2) is 8.78 Å². The molecule has 0 aromatic heterocycles. The molecule has 1 saturated carbocycles. The molecule has 0 bridgehead atoms. The fraction of sp³-hybridized carbons (Fsp3) is 0.417. The standard InChI is InChI=1S/C12H13F2NO/c1-7-2-3-8(13)9(10(7)14)11(16)12(6-15)4-5-12/h2-3H,4-6,15H2,1H3. The lowest BCUT2D eigenvalue weighted by Crippen LogP contribution is -2.27. The number of halogens is 2. The molecule has 86 valence electrons. The molecule has 1 aliphatic rings. The number of hydrogen-bond donors (Lipinski definition) is 1. The van der Waals surface area contributed by atoms with Crippen molar-refractivity contribution in [1.82, 2.24) is 0 Å². The highest BCUT2D eigenvalue weighted by Gasteiger charge is 2.50. The van der Waals surface area contributed by atoms with Crippen LogP contribution in [0.25, 0.3) is 0 Å². The third kappa shape index (κ3) is 1.53. The van der Waals surface area contributed by atoms with Gasteiger partial charge in [-0.15, -0.1) is 0 Å². The Morgan fingerprint density at radius 1 is 1.44 bits per heavy atom. The van der Waals surface area contributed by atoms with Gasteiger partial charge in [-0.1, -0.05) is 6.07 Å².